The number of carbonyl (C=O) groups excluding carboxylic acids is 2. The number of allylic oxidation sites excluding steroid dienone is 1. The summed E-state index contributed by atoms with van der Waals surface area (Å²) in [7, 11) is 1.30. The van der Waals surface area contributed by atoms with Crippen LogP contribution in [-0.4, -0.2) is 46.6 Å². The zero-order valence-electron chi connectivity index (χ0n) is 27.8. The van der Waals surface area contributed by atoms with Crippen molar-refractivity contribution in [2.45, 2.75) is 19.9 Å². The quantitative estimate of drug-likeness (QED) is 0.134. The highest BCUT2D eigenvalue weighted by Gasteiger charge is 2.33. The van der Waals surface area contributed by atoms with E-state index in [9.17, 15) is 14.4 Å². The molecule has 1 aliphatic rings. The first-order valence-electron chi connectivity index (χ1n) is 15.7. The third-order valence-electron chi connectivity index (χ3n) is 8.08. The summed E-state index contributed by atoms with van der Waals surface area (Å²) in [5, 5.41) is 4.94. The zero-order chi connectivity index (χ0) is 35.4. The Morgan fingerprint density at radius 1 is 0.960 bits per heavy atom. The number of thiazole rings is 1. The Balaban J connectivity index is 1.52. The van der Waals surface area contributed by atoms with Crippen molar-refractivity contribution in [2.75, 3.05) is 20.3 Å². The molecule has 0 spiro atoms. The van der Waals surface area contributed by atoms with Gasteiger partial charge in [-0.2, -0.15) is 5.10 Å². The lowest BCUT2D eigenvalue weighted by molar-refractivity contribution is -0.138. The monoisotopic (exact) mass is 686 g/mol. The summed E-state index contributed by atoms with van der Waals surface area (Å²) in [6, 6.07) is 21.2. The highest BCUT2D eigenvalue weighted by molar-refractivity contribution is 7.07. The van der Waals surface area contributed by atoms with Crippen molar-refractivity contribution in [3.63, 3.8) is 0 Å². The third kappa shape index (κ3) is 6.63. The predicted molar refractivity (Wildman–Crippen MR) is 192 cm³/mol. The van der Waals surface area contributed by atoms with E-state index in [1.807, 2.05) is 61.7 Å². The summed E-state index contributed by atoms with van der Waals surface area (Å²) in [5.41, 5.74) is 5.20. The second-order valence-electron chi connectivity index (χ2n) is 11.4. The van der Waals surface area contributed by atoms with Crippen molar-refractivity contribution in [3.8, 4) is 22.7 Å². The Labute approximate surface area is 292 Å². The first-order valence-corrected chi connectivity index (χ1v) is 16.5. The van der Waals surface area contributed by atoms with E-state index in [4.69, 9.17) is 24.3 Å². The number of para-hydroxylation sites is 1. The number of aromatic nitrogens is 3. The van der Waals surface area contributed by atoms with Crippen LogP contribution in [0, 0.1) is 6.92 Å². The molecule has 10 nitrogen and oxygen atoms in total. The molecule has 50 heavy (non-hydrogen) atoms. The number of rotatable bonds is 11. The fourth-order valence-corrected chi connectivity index (χ4v) is 6.75. The number of hydrogen-bond acceptors (Lipinski definition) is 9. The van der Waals surface area contributed by atoms with Crippen LogP contribution >= 0.6 is 11.3 Å². The number of nitrogens with zero attached hydrogens (tertiary/aromatic N) is 4. The maximum absolute atomic E-state index is 14.4. The Morgan fingerprint density at radius 2 is 1.70 bits per heavy atom. The number of hydrogen-bond donors (Lipinski definition) is 0. The number of methoxy groups -OCH3 is 1. The third-order valence-corrected chi connectivity index (χ3v) is 9.06. The van der Waals surface area contributed by atoms with Gasteiger partial charge in [0.15, 0.2) is 4.80 Å². The topological polar surface area (TPSA) is 114 Å². The number of fused-ring (bicyclic) bond motifs is 1. The van der Waals surface area contributed by atoms with Crippen LogP contribution < -0.4 is 19.6 Å². The van der Waals surface area contributed by atoms with Crippen LogP contribution in [0.5, 0.6) is 5.75 Å². The average Bonchev–Trinajstić information content (AvgIpc) is 3.69. The second-order valence-corrected chi connectivity index (χ2v) is 12.4. The maximum atomic E-state index is 14.4. The van der Waals surface area contributed by atoms with Crippen LogP contribution in [-0.2, 0) is 14.3 Å². The Hall–Kier alpha value is -6.07. The minimum Gasteiger partial charge on any atom is -0.489 e. The predicted octanol–water partition coefficient (Wildman–Crippen LogP) is 5.48. The summed E-state index contributed by atoms with van der Waals surface area (Å²) >= 11 is 1.21. The van der Waals surface area contributed by atoms with Gasteiger partial charge >= 0.3 is 11.9 Å². The fourth-order valence-electron chi connectivity index (χ4n) is 5.71. The lowest BCUT2D eigenvalue weighted by Gasteiger charge is -2.24. The van der Waals surface area contributed by atoms with E-state index in [-0.39, 0.29) is 17.7 Å². The van der Waals surface area contributed by atoms with Gasteiger partial charge in [0.2, 0.25) is 0 Å². The van der Waals surface area contributed by atoms with E-state index in [1.165, 1.54) is 29.1 Å². The molecule has 2 aromatic heterocycles. The van der Waals surface area contributed by atoms with Crippen molar-refractivity contribution < 1.29 is 23.8 Å². The first-order chi connectivity index (χ1) is 24.2. The number of ether oxygens (including phenoxy) is 3. The Bertz CT molecular complexity index is 2330. The zero-order valence-corrected chi connectivity index (χ0v) is 28.6. The van der Waals surface area contributed by atoms with Gasteiger partial charge in [-0.3, -0.25) is 9.36 Å². The molecule has 0 saturated heterocycles. The summed E-state index contributed by atoms with van der Waals surface area (Å²) < 4.78 is 19.8. The van der Waals surface area contributed by atoms with Crippen molar-refractivity contribution in [3.05, 3.63) is 158 Å². The van der Waals surface area contributed by atoms with Gasteiger partial charge in [-0.05, 0) is 73.5 Å². The minimum absolute atomic E-state index is 0.0109. The summed E-state index contributed by atoms with van der Waals surface area (Å²) in [5.74, 6) is -0.382. The summed E-state index contributed by atoms with van der Waals surface area (Å²) in [6.45, 7) is 11.4. The fraction of sp³-hybridized carbons (Fsp3) is 0.154. The molecule has 5 aromatic rings. The van der Waals surface area contributed by atoms with Crippen molar-refractivity contribution in [2.24, 2.45) is 4.99 Å². The van der Waals surface area contributed by atoms with Crippen LogP contribution in [0.15, 0.2) is 125 Å². The van der Waals surface area contributed by atoms with Crippen LogP contribution in [0.4, 0.5) is 0 Å². The molecule has 0 radical (unpaired) electrons. The van der Waals surface area contributed by atoms with E-state index in [2.05, 4.69) is 13.2 Å². The number of esters is 2. The maximum Gasteiger partial charge on any atom is 0.338 e. The van der Waals surface area contributed by atoms with Crippen molar-refractivity contribution in [1.29, 1.82) is 0 Å². The minimum atomic E-state index is -0.866. The van der Waals surface area contributed by atoms with Crippen LogP contribution in [0.25, 0.3) is 23.0 Å². The average molecular weight is 687 g/mol. The molecular formula is C39H34N4O6S. The Kier molecular flexibility index (Phi) is 9.87. The largest absolute Gasteiger partial charge is 0.489 e. The lowest BCUT2D eigenvalue weighted by atomic mass is 9.95. The highest BCUT2D eigenvalue weighted by Crippen LogP contribution is 2.32. The van der Waals surface area contributed by atoms with E-state index < -0.39 is 18.0 Å². The molecule has 3 aromatic carbocycles. The van der Waals surface area contributed by atoms with Crippen molar-refractivity contribution >= 4 is 29.4 Å². The molecule has 0 fully saturated rings. The second kappa shape index (κ2) is 14.6. The lowest BCUT2D eigenvalue weighted by Crippen LogP contribution is -2.40. The van der Waals surface area contributed by atoms with E-state index in [0.29, 0.717) is 44.0 Å². The van der Waals surface area contributed by atoms with Crippen LogP contribution in [0.2, 0.25) is 0 Å². The molecule has 0 bridgehead atoms. The molecule has 1 atom stereocenters. The van der Waals surface area contributed by atoms with E-state index >= 15 is 0 Å². The molecule has 3 heterocycles. The van der Waals surface area contributed by atoms with E-state index in [0.717, 1.165) is 22.6 Å². The Morgan fingerprint density at radius 3 is 2.38 bits per heavy atom. The molecule has 0 amide bonds. The van der Waals surface area contributed by atoms with Gasteiger partial charge in [-0.15, -0.1) is 0 Å². The van der Waals surface area contributed by atoms with Crippen LogP contribution in [0.3, 0.4) is 0 Å². The smallest absolute Gasteiger partial charge is 0.338 e. The molecule has 0 saturated carbocycles. The van der Waals surface area contributed by atoms with Gasteiger partial charge in [0.1, 0.15) is 24.7 Å². The SMILES string of the molecule is C=CCOC(=O)C1=C(C)N=c2sc(=Cc3cn(-c4ccccc4)nc3-c3ccc(OCC=C)c(C)c3)c(=O)n2C1c1ccc(C(=O)OC)cc1. The summed E-state index contributed by atoms with van der Waals surface area (Å²) in [4.78, 5) is 45.1. The first kappa shape index (κ1) is 33.8. The van der Waals surface area contributed by atoms with Gasteiger partial charge in [-0.25, -0.2) is 19.3 Å². The van der Waals surface area contributed by atoms with Gasteiger partial charge in [0, 0.05) is 17.3 Å². The number of carbonyl (C=O) groups is 2. The van der Waals surface area contributed by atoms with Gasteiger partial charge in [0.05, 0.1) is 40.2 Å². The standard InChI is InChI=1S/C39H34N4O6S/c1-6-19-48-31-18-17-28(21-24(31)3)34-29(23-42(41-34)30-11-9-8-10-12-30)22-32-36(44)43-35(26-13-15-27(16-14-26)37(45)47-5)33(38(46)49-20-7-2)25(4)40-39(43)50-32/h6-18,21-23,35H,1-2,19-20H2,3-5H3. The molecule has 6 rings (SSSR count). The molecule has 0 aliphatic carbocycles. The number of benzene rings is 3. The summed E-state index contributed by atoms with van der Waals surface area (Å²) in [6.07, 6.45) is 6.85. The van der Waals surface area contributed by atoms with Crippen molar-refractivity contribution in [1.82, 2.24) is 14.3 Å². The van der Waals surface area contributed by atoms with Gasteiger partial charge in [-0.1, -0.05) is 67.0 Å². The molecular weight excluding hydrogens is 653 g/mol. The molecule has 11 heteroatoms. The normalized spacial score (nSPS) is 14.1. The van der Waals surface area contributed by atoms with E-state index in [1.54, 1.807) is 48.0 Å². The van der Waals surface area contributed by atoms with Crippen LogP contribution in [0.1, 0.15) is 40.0 Å². The highest BCUT2D eigenvalue weighted by atomic mass is 32.1. The van der Waals surface area contributed by atoms with Gasteiger partial charge < -0.3 is 14.2 Å². The molecule has 0 N–H and O–H groups in total. The number of aryl methyl sites for hydroxylation is 1. The van der Waals surface area contributed by atoms with Gasteiger partial charge in [0.25, 0.3) is 5.56 Å². The molecule has 1 aliphatic heterocycles. The molecule has 252 valence electrons. The molecule has 1 unspecified atom stereocenters.